The van der Waals surface area contributed by atoms with E-state index in [0.717, 1.165) is 19.3 Å². The Morgan fingerprint density at radius 1 is 1.11 bits per heavy atom. The lowest BCUT2D eigenvalue weighted by Gasteiger charge is -2.25. The number of benzene rings is 1. The van der Waals surface area contributed by atoms with Gasteiger partial charge in [-0.2, -0.15) is 4.31 Å². The van der Waals surface area contributed by atoms with Gasteiger partial charge in [0.25, 0.3) is 0 Å². The summed E-state index contributed by atoms with van der Waals surface area (Å²) in [4.78, 5) is 11.5. The molecule has 2 rings (SSSR count). The summed E-state index contributed by atoms with van der Waals surface area (Å²) >= 11 is 0. The van der Waals surface area contributed by atoms with Gasteiger partial charge in [-0.1, -0.05) is 6.42 Å². The van der Waals surface area contributed by atoms with Crippen molar-refractivity contribution in [3.05, 3.63) is 29.8 Å². The molecule has 0 atom stereocenters. The molecule has 5 nitrogen and oxygen atoms in total. The molecular formula is C13H17NO4S. The van der Waals surface area contributed by atoms with Crippen molar-refractivity contribution in [1.82, 2.24) is 4.31 Å². The standard InChI is InChI=1S/C13H17NO4S/c1-18-13(15)11-5-7-12(8-6-11)19(16,17)14-9-3-2-4-10-14/h5-8H,2-4,9-10H2,1H3. The first kappa shape index (κ1) is 14.0. The van der Waals surface area contributed by atoms with Crippen LogP contribution in [0.25, 0.3) is 0 Å². The fraction of sp³-hybridized carbons (Fsp3) is 0.462. The third kappa shape index (κ3) is 2.96. The minimum absolute atomic E-state index is 0.224. The van der Waals surface area contributed by atoms with E-state index in [2.05, 4.69) is 4.74 Å². The molecule has 104 valence electrons. The molecule has 0 N–H and O–H groups in total. The van der Waals surface area contributed by atoms with Gasteiger partial charge in [0, 0.05) is 13.1 Å². The molecule has 0 aromatic heterocycles. The van der Waals surface area contributed by atoms with Crippen LogP contribution in [0.3, 0.4) is 0 Å². The number of carbonyl (C=O) groups excluding carboxylic acids is 1. The molecule has 6 heteroatoms. The zero-order valence-corrected chi connectivity index (χ0v) is 11.6. The maximum absolute atomic E-state index is 12.3. The summed E-state index contributed by atoms with van der Waals surface area (Å²) in [5, 5.41) is 0. The number of esters is 1. The quantitative estimate of drug-likeness (QED) is 0.791. The van der Waals surface area contributed by atoms with Gasteiger partial charge in [-0.25, -0.2) is 13.2 Å². The molecule has 0 bridgehead atoms. The van der Waals surface area contributed by atoms with Crippen LogP contribution < -0.4 is 0 Å². The van der Waals surface area contributed by atoms with Gasteiger partial charge in [0.15, 0.2) is 0 Å². The molecule has 1 fully saturated rings. The highest BCUT2D eigenvalue weighted by molar-refractivity contribution is 7.89. The molecule has 1 heterocycles. The van der Waals surface area contributed by atoms with E-state index in [-0.39, 0.29) is 4.90 Å². The Hall–Kier alpha value is -1.40. The first-order valence-electron chi connectivity index (χ1n) is 6.24. The molecular weight excluding hydrogens is 266 g/mol. The molecule has 0 unspecified atom stereocenters. The highest BCUT2D eigenvalue weighted by Gasteiger charge is 2.25. The maximum Gasteiger partial charge on any atom is 0.337 e. The summed E-state index contributed by atoms with van der Waals surface area (Å²) in [6.07, 6.45) is 2.88. The predicted molar refractivity (Wildman–Crippen MR) is 70.4 cm³/mol. The summed E-state index contributed by atoms with van der Waals surface area (Å²) in [5.41, 5.74) is 0.347. The molecule has 1 saturated heterocycles. The normalized spacial score (nSPS) is 17.1. The number of hydrogen-bond donors (Lipinski definition) is 0. The second kappa shape index (κ2) is 5.71. The number of piperidine rings is 1. The van der Waals surface area contributed by atoms with Crippen molar-refractivity contribution in [1.29, 1.82) is 0 Å². The fourth-order valence-corrected chi connectivity index (χ4v) is 3.65. The lowest BCUT2D eigenvalue weighted by Crippen LogP contribution is -2.35. The Morgan fingerprint density at radius 2 is 1.68 bits per heavy atom. The van der Waals surface area contributed by atoms with E-state index < -0.39 is 16.0 Å². The molecule has 19 heavy (non-hydrogen) atoms. The van der Waals surface area contributed by atoms with Crippen LogP contribution in [0.2, 0.25) is 0 Å². The van der Waals surface area contributed by atoms with Crippen molar-refractivity contribution in [3.63, 3.8) is 0 Å². The van der Waals surface area contributed by atoms with Crippen molar-refractivity contribution < 1.29 is 17.9 Å². The van der Waals surface area contributed by atoms with Crippen LogP contribution in [0.15, 0.2) is 29.2 Å². The van der Waals surface area contributed by atoms with Crippen molar-refractivity contribution >= 4 is 16.0 Å². The Bertz CT molecular complexity index is 545. The molecule has 1 aliphatic heterocycles. The van der Waals surface area contributed by atoms with E-state index in [4.69, 9.17) is 0 Å². The molecule has 1 aromatic carbocycles. The van der Waals surface area contributed by atoms with E-state index in [0.29, 0.717) is 18.7 Å². The molecule has 0 spiro atoms. The van der Waals surface area contributed by atoms with Crippen LogP contribution in [0.1, 0.15) is 29.6 Å². The van der Waals surface area contributed by atoms with Crippen LogP contribution in [-0.4, -0.2) is 38.9 Å². The van der Waals surface area contributed by atoms with E-state index in [1.807, 2.05) is 0 Å². The van der Waals surface area contributed by atoms with Gasteiger partial charge in [0.05, 0.1) is 17.6 Å². The third-order valence-corrected chi connectivity index (χ3v) is 5.14. The number of ether oxygens (including phenoxy) is 1. The first-order chi connectivity index (χ1) is 9.05. The van der Waals surface area contributed by atoms with Crippen molar-refractivity contribution in [2.75, 3.05) is 20.2 Å². The van der Waals surface area contributed by atoms with Gasteiger partial charge in [-0.3, -0.25) is 0 Å². The highest BCUT2D eigenvalue weighted by atomic mass is 32.2. The van der Waals surface area contributed by atoms with Gasteiger partial charge in [-0.05, 0) is 37.1 Å². The van der Waals surface area contributed by atoms with Crippen molar-refractivity contribution in [2.45, 2.75) is 24.2 Å². The van der Waals surface area contributed by atoms with Crippen LogP contribution >= 0.6 is 0 Å². The van der Waals surface area contributed by atoms with Crippen molar-refractivity contribution in [3.8, 4) is 0 Å². The Kier molecular flexibility index (Phi) is 4.21. The van der Waals surface area contributed by atoms with E-state index in [1.165, 1.54) is 35.7 Å². The maximum atomic E-state index is 12.3. The van der Waals surface area contributed by atoms with E-state index in [9.17, 15) is 13.2 Å². The zero-order chi connectivity index (χ0) is 13.9. The zero-order valence-electron chi connectivity index (χ0n) is 10.8. The summed E-state index contributed by atoms with van der Waals surface area (Å²) in [5.74, 6) is -0.470. The third-order valence-electron chi connectivity index (χ3n) is 3.23. The SMILES string of the molecule is COC(=O)c1ccc(S(=O)(=O)N2CCCCC2)cc1. The van der Waals surface area contributed by atoms with Gasteiger partial charge >= 0.3 is 5.97 Å². The van der Waals surface area contributed by atoms with E-state index >= 15 is 0 Å². The van der Waals surface area contributed by atoms with E-state index in [1.54, 1.807) is 0 Å². The Balaban J connectivity index is 2.23. The topological polar surface area (TPSA) is 63.7 Å². The number of sulfonamides is 1. The number of rotatable bonds is 3. The number of nitrogens with zero attached hydrogens (tertiary/aromatic N) is 1. The summed E-state index contributed by atoms with van der Waals surface area (Å²) in [7, 11) is -2.14. The lowest BCUT2D eigenvalue weighted by atomic mass is 10.2. The van der Waals surface area contributed by atoms with Gasteiger partial charge in [0.1, 0.15) is 0 Å². The monoisotopic (exact) mass is 283 g/mol. The van der Waals surface area contributed by atoms with Crippen LogP contribution in [0.5, 0.6) is 0 Å². The largest absolute Gasteiger partial charge is 0.465 e. The fourth-order valence-electron chi connectivity index (χ4n) is 2.14. The smallest absolute Gasteiger partial charge is 0.337 e. The number of hydrogen-bond acceptors (Lipinski definition) is 4. The van der Waals surface area contributed by atoms with Crippen LogP contribution in [-0.2, 0) is 14.8 Å². The van der Waals surface area contributed by atoms with Crippen molar-refractivity contribution in [2.24, 2.45) is 0 Å². The summed E-state index contributed by atoms with van der Waals surface area (Å²) in [6.45, 7) is 1.14. The molecule has 1 aliphatic rings. The van der Waals surface area contributed by atoms with Gasteiger partial charge < -0.3 is 4.74 Å². The predicted octanol–water partition coefficient (Wildman–Crippen LogP) is 1.65. The molecule has 0 saturated carbocycles. The minimum Gasteiger partial charge on any atom is -0.465 e. The summed E-state index contributed by atoms with van der Waals surface area (Å²) in [6, 6.07) is 5.86. The molecule has 0 amide bonds. The summed E-state index contributed by atoms with van der Waals surface area (Å²) < 4.78 is 30.8. The Morgan fingerprint density at radius 3 is 2.21 bits per heavy atom. The molecule has 0 radical (unpaired) electrons. The van der Waals surface area contributed by atoms with Crippen LogP contribution in [0, 0.1) is 0 Å². The van der Waals surface area contributed by atoms with Gasteiger partial charge in [-0.15, -0.1) is 0 Å². The first-order valence-corrected chi connectivity index (χ1v) is 7.68. The highest BCUT2D eigenvalue weighted by Crippen LogP contribution is 2.20. The second-order valence-electron chi connectivity index (χ2n) is 4.48. The molecule has 0 aliphatic carbocycles. The average molecular weight is 283 g/mol. The number of carbonyl (C=O) groups is 1. The average Bonchev–Trinajstić information content (AvgIpc) is 2.47. The second-order valence-corrected chi connectivity index (χ2v) is 6.42. The molecule has 1 aromatic rings. The minimum atomic E-state index is -3.43. The number of methoxy groups -OCH3 is 1. The van der Waals surface area contributed by atoms with Crippen LogP contribution in [0.4, 0.5) is 0 Å². The lowest BCUT2D eigenvalue weighted by molar-refractivity contribution is 0.0600. The van der Waals surface area contributed by atoms with Gasteiger partial charge in [0.2, 0.25) is 10.0 Å². The Labute approximate surface area is 113 Å².